The zero-order valence-corrected chi connectivity index (χ0v) is 68.9. The lowest BCUT2D eigenvalue weighted by Crippen LogP contribution is -2.29. The van der Waals surface area contributed by atoms with Gasteiger partial charge in [-0.25, -0.2) is 4.57 Å². The molecule has 0 fully saturated rings. The molecule has 10 heteroatoms. The van der Waals surface area contributed by atoms with Gasteiger partial charge in [0.1, 0.15) is 6.61 Å². The second-order valence-corrected chi connectivity index (χ2v) is 33.4. The minimum Gasteiger partial charge on any atom is -0.462 e. The van der Waals surface area contributed by atoms with Crippen molar-refractivity contribution in [3.8, 4) is 0 Å². The minimum absolute atomic E-state index is 0.0591. The van der Waals surface area contributed by atoms with Gasteiger partial charge >= 0.3 is 19.8 Å². The monoisotopic (exact) mass is 1430 g/mol. The summed E-state index contributed by atoms with van der Waals surface area (Å²) in [6.45, 7) is 3.87. The Morgan fingerprint density at radius 3 is 0.610 bits per heavy atom. The van der Waals surface area contributed by atoms with Gasteiger partial charge < -0.3 is 20.1 Å². The smallest absolute Gasteiger partial charge is 0.462 e. The first kappa shape index (κ1) is 99.0. The largest absolute Gasteiger partial charge is 0.472 e. The fraction of sp³-hybridized carbons (Fsp3) is 0.978. The summed E-state index contributed by atoms with van der Waals surface area (Å²) in [6, 6.07) is 0. The third kappa shape index (κ3) is 85.9. The van der Waals surface area contributed by atoms with Gasteiger partial charge in [0.2, 0.25) is 0 Å². The highest BCUT2D eigenvalue weighted by molar-refractivity contribution is 7.47. The second kappa shape index (κ2) is 86.9. The predicted molar refractivity (Wildman–Crippen MR) is 437 cm³/mol. The number of carbonyl (C=O) groups is 2. The highest BCUT2D eigenvalue weighted by Gasteiger charge is 2.26. The van der Waals surface area contributed by atoms with Crippen molar-refractivity contribution in [3.63, 3.8) is 0 Å². The number of rotatable bonds is 90. The maximum absolute atomic E-state index is 12.8. The van der Waals surface area contributed by atoms with E-state index in [9.17, 15) is 19.0 Å². The summed E-state index contributed by atoms with van der Waals surface area (Å²) in [7, 11) is -4.39. The first-order valence-electron chi connectivity index (χ1n) is 46.0. The number of phosphoric acid groups is 1. The normalized spacial score (nSPS) is 12.6. The van der Waals surface area contributed by atoms with Crippen molar-refractivity contribution in [2.24, 2.45) is 5.73 Å². The standard InChI is InChI=1S/C90H180NO8P/c1-3-5-7-9-11-13-15-17-19-21-23-25-27-29-31-33-35-37-39-41-43-44-45-47-49-51-53-55-57-59-61-63-65-67-69-71-73-75-77-79-81-83-90(93)99-88(87-98-100(94,95)97-85-84-91)86-96-89(92)82-80-78-76-74-72-70-68-66-64-62-60-58-56-54-52-50-48-46-42-40-38-36-34-32-30-28-26-24-22-20-18-16-14-12-10-8-6-4-2/h88H,3-87,91H2,1-2H3,(H,94,95). The second-order valence-electron chi connectivity index (χ2n) is 31.9. The number of hydrogen-bond donors (Lipinski definition) is 2. The van der Waals surface area contributed by atoms with Gasteiger partial charge in [0.05, 0.1) is 13.2 Å². The van der Waals surface area contributed by atoms with Crippen LogP contribution in [0.5, 0.6) is 0 Å². The molecule has 0 heterocycles. The van der Waals surface area contributed by atoms with Gasteiger partial charge in [0.25, 0.3) is 0 Å². The quantitative estimate of drug-likeness (QED) is 0.0347. The Kier molecular flexibility index (Phi) is 86.1. The Labute approximate surface area is 626 Å². The lowest BCUT2D eigenvalue weighted by molar-refractivity contribution is -0.161. The molecule has 2 unspecified atom stereocenters. The Hall–Kier alpha value is -0.990. The molecule has 0 spiro atoms. The van der Waals surface area contributed by atoms with Crippen LogP contribution in [-0.2, 0) is 32.7 Å². The number of nitrogens with two attached hydrogens (primary N) is 1. The molecule has 0 aromatic carbocycles. The van der Waals surface area contributed by atoms with Crippen LogP contribution in [0.1, 0.15) is 534 Å². The van der Waals surface area contributed by atoms with Crippen molar-refractivity contribution < 1.29 is 37.6 Å². The van der Waals surface area contributed by atoms with Crippen LogP contribution in [0.3, 0.4) is 0 Å². The van der Waals surface area contributed by atoms with Gasteiger partial charge in [-0.15, -0.1) is 0 Å². The molecule has 9 nitrogen and oxygen atoms in total. The van der Waals surface area contributed by atoms with Gasteiger partial charge in [-0.3, -0.25) is 18.6 Å². The molecule has 3 N–H and O–H groups in total. The molecule has 0 aliphatic rings. The number of carbonyl (C=O) groups excluding carboxylic acids is 2. The number of esters is 2. The van der Waals surface area contributed by atoms with E-state index < -0.39 is 26.5 Å². The van der Waals surface area contributed by atoms with Crippen LogP contribution < -0.4 is 5.73 Å². The van der Waals surface area contributed by atoms with Crippen LogP contribution in [0.4, 0.5) is 0 Å². The van der Waals surface area contributed by atoms with Gasteiger partial charge in [0.15, 0.2) is 6.10 Å². The van der Waals surface area contributed by atoms with Crippen molar-refractivity contribution in [3.05, 3.63) is 0 Å². The van der Waals surface area contributed by atoms with Crippen LogP contribution in [0.25, 0.3) is 0 Å². The van der Waals surface area contributed by atoms with Crippen molar-refractivity contribution >= 4 is 19.8 Å². The number of hydrogen-bond acceptors (Lipinski definition) is 8. The molecule has 0 saturated carbocycles. The zero-order chi connectivity index (χ0) is 72.2. The number of phosphoric ester groups is 1. The summed E-state index contributed by atoms with van der Waals surface area (Å²) >= 11 is 0. The summed E-state index contributed by atoms with van der Waals surface area (Å²) < 4.78 is 33.4. The molecule has 0 aliphatic heterocycles. The van der Waals surface area contributed by atoms with Gasteiger partial charge in [-0.05, 0) is 12.8 Å². The summed E-state index contributed by atoms with van der Waals surface area (Å²) in [5, 5.41) is 0. The van der Waals surface area contributed by atoms with E-state index in [-0.39, 0.29) is 32.1 Å². The first-order chi connectivity index (χ1) is 49.3. The molecule has 0 saturated heterocycles. The molecule has 0 aromatic heterocycles. The molecule has 2 atom stereocenters. The van der Waals surface area contributed by atoms with Crippen LogP contribution in [-0.4, -0.2) is 49.3 Å². The van der Waals surface area contributed by atoms with E-state index >= 15 is 0 Å². The number of unbranched alkanes of at least 4 members (excludes halogenated alkanes) is 77. The van der Waals surface area contributed by atoms with Gasteiger partial charge in [0, 0.05) is 19.4 Å². The summed E-state index contributed by atoms with van der Waals surface area (Å²) in [5.74, 6) is -0.791. The summed E-state index contributed by atoms with van der Waals surface area (Å²) in [6.07, 6.45) is 109. The maximum atomic E-state index is 12.8. The molecule has 100 heavy (non-hydrogen) atoms. The summed E-state index contributed by atoms with van der Waals surface area (Å²) in [4.78, 5) is 35.5. The van der Waals surface area contributed by atoms with E-state index in [0.29, 0.717) is 12.8 Å². The molecule has 0 aromatic rings. The highest BCUT2D eigenvalue weighted by Crippen LogP contribution is 2.43. The topological polar surface area (TPSA) is 134 Å². The van der Waals surface area contributed by atoms with Crippen LogP contribution in [0.2, 0.25) is 0 Å². The lowest BCUT2D eigenvalue weighted by atomic mass is 10.0. The van der Waals surface area contributed by atoms with Crippen molar-refractivity contribution in [1.82, 2.24) is 0 Å². The van der Waals surface area contributed by atoms with Gasteiger partial charge in [-0.1, -0.05) is 508 Å². The van der Waals surface area contributed by atoms with E-state index in [4.69, 9.17) is 24.3 Å². The molecule has 0 amide bonds. The molecule has 598 valence electrons. The Balaban J connectivity index is 3.66. The third-order valence-corrected chi connectivity index (χ3v) is 22.7. The van der Waals surface area contributed by atoms with Crippen LogP contribution in [0.15, 0.2) is 0 Å². The maximum Gasteiger partial charge on any atom is 0.472 e. The SMILES string of the molecule is CCCCCCCCCCCCCCCCCCCCCCCCCCCCCCCCCCCCCCCCCCCC(=O)OC(COC(=O)CCCCCCCCCCCCCCCCCCCCCCCCCCCCCCCCCCCCCCCC)COP(=O)(O)OCCN. The molecule has 0 aliphatic carbocycles. The number of ether oxygens (including phenoxy) is 2. The Morgan fingerprint density at radius 2 is 0.430 bits per heavy atom. The Bertz CT molecular complexity index is 1600. The van der Waals surface area contributed by atoms with E-state index in [1.54, 1.807) is 0 Å². The summed E-state index contributed by atoms with van der Waals surface area (Å²) in [5.41, 5.74) is 5.43. The minimum atomic E-state index is -4.39. The van der Waals surface area contributed by atoms with Gasteiger partial charge in [-0.2, -0.15) is 0 Å². The Morgan fingerprint density at radius 1 is 0.260 bits per heavy atom. The molecule has 0 bridgehead atoms. The van der Waals surface area contributed by atoms with Crippen molar-refractivity contribution in [2.45, 2.75) is 540 Å². The first-order valence-corrected chi connectivity index (χ1v) is 47.5. The van der Waals surface area contributed by atoms with Crippen LogP contribution >= 0.6 is 7.82 Å². The fourth-order valence-corrected chi connectivity index (χ4v) is 15.7. The average molecular weight is 1440 g/mol. The molecular formula is C90H180NO8P. The average Bonchev–Trinajstić information content (AvgIpc) is 0.983. The molecular weight excluding hydrogens is 1250 g/mol. The van der Waals surface area contributed by atoms with E-state index in [2.05, 4.69) is 13.8 Å². The highest BCUT2D eigenvalue weighted by atomic mass is 31.2. The van der Waals surface area contributed by atoms with E-state index in [1.807, 2.05) is 0 Å². The van der Waals surface area contributed by atoms with Crippen LogP contribution in [0, 0.1) is 0 Å². The molecule has 0 radical (unpaired) electrons. The fourth-order valence-electron chi connectivity index (χ4n) is 14.9. The van der Waals surface area contributed by atoms with Crippen molar-refractivity contribution in [1.29, 1.82) is 0 Å². The van der Waals surface area contributed by atoms with E-state index in [0.717, 1.165) is 32.1 Å². The van der Waals surface area contributed by atoms with E-state index in [1.165, 1.54) is 469 Å². The molecule has 0 rings (SSSR count). The third-order valence-electron chi connectivity index (χ3n) is 21.7. The lowest BCUT2D eigenvalue weighted by Gasteiger charge is -2.19. The predicted octanol–water partition coefficient (Wildman–Crippen LogP) is 31.2. The zero-order valence-electron chi connectivity index (χ0n) is 68.0. The van der Waals surface area contributed by atoms with Crippen molar-refractivity contribution in [2.75, 3.05) is 26.4 Å².